The minimum Gasteiger partial charge on any atom is -0.395 e. The highest BCUT2D eigenvalue weighted by Gasteiger charge is 2.35. The summed E-state index contributed by atoms with van der Waals surface area (Å²) < 4.78 is 5.40. The minimum atomic E-state index is 0.191. The maximum atomic E-state index is 9.33. The molecule has 0 bridgehead atoms. The van der Waals surface area contributed by atoms with Gasteiger partial charge in [0.1, 0.15) is 0 Å². The Labute approximate surface area is 91.4 Å². The number of ether oxygens (including phenoxy) is 1. The maximum absolute atomic E-state index is 9.33. The van der Waals surface area contributed by atoms with Gasteiger partial charge in [-0.1, -0.05) is 6.42 Å². The van der Waals surface area contributed by atoms with Gasteiger partial charge in [-0.3, -0.25) is 4.90 Å². The standard InChI is InChI=1S/C11H22N2O2/c12-6-9-2-1-3-11(9)13-4-5-15-8-10(13)7-14/h9-11,14H,1-8,12H2. The van der Waals surface area contributed by atoms with Crippen LogP contribution in [0, 0.1) is 5.92 Å². The number of hydrogen-bond acceptors (Lipinski definition) is 4. The van der Waals surface area contributed by atoms with Crippen molar-refractivity contribution in [1.29, 1.82) is 0 Å². The number of nitrogens with zero attached hydrogens (tertiary/aromatic N) is 1. The summed E-state index contributed by atoms with van der Waals surface area (Å²) in [6.45, 7) is 3.40. The van der Waals surface area contributed by atoms with Gasteiger partial charge in [-0.15, -0.1) is 0 Å². The molecule has 2 rings (SSSR count). The Bertz CT molecular complexity index is 201. The first-order valence-electron chi connectivity index (χ1n) is 6.01. The average molecular weight is 214 g/mol. The second kappa shape index (κ2) is 5.25. The Hall–Kier alpha value is -0.160. The van der Waals surface area contributed by atoms with Crippen molar-refractivity contribution in [2.24, 2.45) is 11.7 Å². The Morgan fingerprint density at radius 3 is 3.00 bits per heavy atom. The largest absolute Gasteiger partial charge is 0.395 e. The van der Waals surface area contributed by atoms with Crippen molar-refractivity contribution in [3.05, 3.63) is 0 Å². The number of aliphatic hydroxyl groups excluding tert-OH is 1. The van der Waals surface area contributed by atoms with E-state index in [9.17, 15) is 5.11 Å². The van der Waals surface area contributed by atoms with Gasteiger partial charge in [-0.05, 0) is 25.3 Å². The molecule has 0 spiro atoms. The van der Waals surface area contributed by atoms with Crippen LogP contribution in [0.1, 0.15) is 19.3 Å². The molecule has 1 saturated carbocycles. The minimum absolute atomic E-state index is 0.191. The zero-order valence-corrected chi connectivity index (χ0v) is 9.27. The lowest BCUT2D eigenvalue weighted by molar-refractivity contribution is -0.0532. The number of hydrogen-bond donors (Lipinski definition) is 2. The Morgan fingerprint density at radius 1 is 1.40 bits per heavy atom. The maximum Gasteiger partial charge on any atom is 0.0644 e. The molecule has 2 fully saturated rings. The van der Waals surface area contributed by atoms with Crippen LogP contribution >= 0.6 is 0 Å². The van der Waals surface area contributed by atoms with Crippen LogP contribution in [0.2, 0.25) is 0 Å². The van der Waals surface area contributed by atoms with E-state index in [1.165, 1.54) is 19.3 Å². The van der Waals surface area contributed by atoms with Gasteiger partial charge in [-0.2, -0.15) is 0 Å². The molecule has 3 unspecified atom stereocenters. The summed E-state index contributed by atoms with van der Waals surface area (Å²) in [5.41, 5.74) is 5.80. The van der Waals surface area contributed by atoms with Gasteiger partial charge in [0.05, 0.1) is 25.9 Å². The van der Waals surface area contributed by atoms with Crippen LogP contribution in [0.15, 0.2) is 0 Å². The van der Waals surface area contributed by atoms with Gasteiger partial charge in [0.2, 0.25) is 0 Å². The van der Waals surface area contributed by atoms with Gasteiger partial charge < -0.3 is 15.6 Å². The fourth-order valence-electron chi connectivity index (χ4n) is 2.99. The van der Waals surface area contributed by atoms with E-state index in [1.54, 1.807) is 0 Å². The van der Waals surface area contributed by atoms with Crippen LogP contribution in [0.3, 0.4) is 0 Å². The van der Waals surface area contributed by atoms with Crippen molar-refractivity contribution in [3.63, 3.8) is 0 Å². The predicted molar refractivity (Wildman–Crippen MR) is 58.6 cm³/mol. The third-order valence-corrected chi connectivity index (χ3v) is 3.83. The lowest BCUT2D eigenvalue weighted by Crippen LogP contribution is -2.54. The van der Waals surface area contributed by atoms with Crippen molar-refractivity contribution in [3.8, 4) is 0 Å². The van der Waals surface area contributed by atoms with E-state index >= 15 is 0 Å². The van der Waals surface area contributed by atoms with Crippen LogP contribution in [-0.4, -0.2) is 55.0 Å². The van der Waals surface area contributed by atoms with Crippen molar-refractivity contribution in [2.75, 3.05) is 32.9 Å². The van der Waals surface area contributed by atoms with Crippen LogP contribution in [0.5, 0.6) is 0 Å². The first-order valence-corrected chi connectivity index (χ1v) is 6.01. The molecule has 88 valence electrons. The summed E-state index contributed by atoms with van der Waals surface area (Å²) >= 11 is 0. The number of nitrogens with two attached hydrogens (primary N) is 1. The quantitative estimate of drug-likeness (QED) is 0.683. The first kappa shape index (κ1) is 11.3. The van der Waals surface area contributed by atoms with Crippen molar-refractivity contribution in [1.82, 2.24) is 4.90 Å². The fourth-order valence-corrected chi connectivity index (χ4v) is 2.99. The van der Waals surface area contributed by atoms with Gasteiger partial charge in [-0.25, -0.2) is 0 Å². The molecule has 1 aliphatic heterocycles. The SMILES string of the molecule is NCC1CCCC1N1CCOCC1CO. The summed E-state index contributed by atoms with van der Waals surface area (Å²) in [5, 5.41) is 9.33. The van der Waals surface area contributed by atoms with Crippen LogP contribution in [0.4, 0.5) is 0 Å². The zero-order chi connectivity index (χ0) is 10.7. The summed E-state index contributed by atoms with van der Waals surface area (Å²) in [5.74, 6) is 0.622. The monoisotopic (exact) mass is 214 g/mol. The second-order valence-electron chi connectivity index (χ2n) is 4.64. The van der Waals surface area contributed by atoms with Gasteiger partial charge in [0.15, 0.2) is 0 Å². The van der Waals surface area contributed by atoms with E-state index in [4.69, 9.17) is 10.5 Å². The Kier molecular flexibility index (Phi) is 3.97. The lowest BCUT2D eigenvalue weighted by atomic mass is 10.00. The summed E-state index contributed by atoms with van der Waals surface area (Å²) in [7, 11) is 0. The molecule has 15 heavy (non-hydrogen) atoms. The molecule has 3 N–H and O–H groups in total. The van der Waals surface area contributed by atoms with Gasteiger partial charge >= 0.3 is 0 Å². The molecule has 1 heterocycles. The predicted octanol–water partition coefficient (Wildman–Crippen LogP) is -0.193. The smallest absolute Gasteiger partial charge is 0.0644 e. The van der Waals surface area contributed by atoms with Crippen molar-refractivity contribution < 1.29 is 9.84 Å². The van der Waals surface area contributed by atoms with E-state index in [1.807, 2.05) is 0 Å². The van der Waals surface area contributed by atoms with Crippen LogP contribution in [-0.2, 0) is 4.74 Å². The van der Waals surface area contributed by atoms with Crippen molar-refractivity contribution >= 4 is 0 Å². The highest BCUT2D eigenvalue weighted by atomic mass is 16.5. The van der Waals surface area contributed by atoms with Crippen LogP contribution in [0.25, 0.3) is 0 Å². The molecular weight excluding hydrogens is 192 g/mol. The van der Waals surface area contributed by atoms with E-state index in [0.717, 1.165) is 19.7 Å². The highest BCUT2D eigenvalue weighted by Crippen LogP contribution is 2.31. The molecule has 3 atom stereocenters. The topological polar surface area (TPSA) is 58.7 Å². The van der Waals surface area contributed by atoms with Gasteiger partial charge in [0.25, 0.3) is 0 Å². The van der Waals surface area contributed by atoms with E-state index in [0.29, 0.717) is 18.6 Å². The average Bonchev–Trinajstić information content (AvgIpc) is 2.76. The Balaban J connectivity index is 1.99. The molecule has 0 radical (unpaired) electrons. The molecule has 0 aromatic heterocycles. The Morgan fingerprint density at radius 2 is 2.27 bits per heavy atom. The van der Waals surface area contributed by atoms with Crippen molar-refractivity contribution in [2.45, 2.75) is 31.3 Å². The molecule has 1 aliphatic carbocycles. The second-order valence-corrected chi connectivity index (χ2v) is 4.64. The third kappa shape index (κ3) is 2.33. The summed E-state index contributed by atoms with van der Waals surface area (Å²) in [6, 6.07) is 0.770. The number of morpholine rings is 1. The molecule has 0 amide bonds. The highest BCUT2D eigenvalue weighted by molar-refractivity contribution is 4.90. The molecule has 4 heteroatoms. The molecule has 0 aromatic rings. The molecular formula is C11H22N2O2. The van der Waals surface area contributed by atoms with E-state index in [2.05, 4.69) is 4.90 Å². The molecule has 0 aromatic carbocycles. The number of aliphatic hydroxyl groups is 1. The van der Waals surface area contributed by atoms with Crippen LogP contribution < -0.4 is 5.73 Å². The number of rotatable bonds is 3. The molecule has 1 saturated heterocycles. The normalized spacial score (nSPS) is 38.4. The third-order valence-electron chi connectivity index (χ3n) is 3.83. The molecule has 2 aliphatic rings. The zero-order valence-electron chi connectivity index (χ0n) is 9.27. The summed E-state index contributed by atoms with van der Waals surface area (Å²) in [6.07, 6.45) is 3.76. The van der Waals surface area contributed by atoms with E-state index < -0.39 is 0 Å². The van der Waals surface area contributed by atoms with Gasteiger partial charge in [0, 0.05) is 12.6 Å². The lowest BCUT2D eigenvalue weighted by Gasteiger charge is -2.41. The fraction of sp³-hybridized carbons (Fsp3) is 1.00. The summed E-state index contributed by atoms with van der Waals surface area (Å²) in [4.78, 5) is 2.42. The first-order chi connectivity index (χ1) is 7.36. The molecule has 4 nitrogen and oxygen atoms in total. The van der Waals surface area contributed by atoms with E-state index in [-0.39, 0.29) is 12.6 Å².